The van der Waals surface area contributed by atoms with Crippen LogP contribution in [-0.4, -0.2) is 18.0 Å². The van der Waals surface area contributed by atoms with Crippen LogP contribution < -0.4 is 11.1 Å². The number of carbonyl (C=O) groups is 1. The number of benzene rings is 1. The number of hydrogen-bond acceptors (Lipinski definition) is 2. The molecule has 0 spiro atoms. The summed E-state index contributed by atoms with van der Waals surface area (Å²) in [4.78, 5) is 12.0. The number of carbonyl (C=O) groups excluding carboxylic acids is 1. The lowest BCUT2D eigenvalue weighted by molar-refractivity contribution is -0.123. The van der Waals surface area contributed by atoms with E-state index in [4.69, 9.17) is 5.73 Å². The van der Waals surface area contributed by atoms with Gasteiger partial charge in [-0.05, 0) is 31.7 Å². The second-order valence-electron chi connectivity index (χ2n) is 5.81. The van der Waals surface area contributed by atoms with Gasteiger partial charge in [-0.1, -0.05) is 43.7 Å². The van der Waals surface area contributed by atoms with Crippen molar-refractivity contribution in [2.24, 2.45) is 11.7 Å². The molecule has 1 aromatic carbocycles. The molecular weight excluding hydrogens is 236 g/mol. The van der Waals surface area contributed by atoms with Crippen LogP contribution in [0.15, 0.2) is 24.3 Å². The molecule has 0 aromatic heterocycles. The van der Waals surface area contributed by atoms with Gasteiger partial charge >= 0.3 is 0 Å². The van der Waals surface area contributed by atoms with E-state index in [2.05, 4.69) is 50.4 Å². The summed E-state index contributed by atoms with van der Waals surface area (Å²) < 4.78 is 0. The summed E-state index contributed by atoms with van der Waals surface area (Å²) in [5.74, 6) is 0.392. The number of aryl methyl sites for hydroxylation is 2. The third kappa shape index (κ3) is 4.67. The maximum Gasteiger partial charge on any atom is 0.220 e. The van der Waals surface area contributed by atoms with Gasteiger partial charge in [0.05, 0.1) is 5.54 Å². The lowest BCUT2D eigenvalue weighted by Crippen LogP contribution is -2.55. The zero-order valence-electron chi connectivity index (χ0n) is 12.5. The molecule has 19 heavy (non-hydrogen) atoms. The average molecular weight is 262 g/mol. The molecule has 3 nitrogen and oxygen atoms in total. The lowest BCUT2D eigenvalue weighted by Gasteiger charge is -2.33. The molecule has 0 aliphatic rings. The molecule has 0 aliphatic heterocycles. The van der Waals surface area contributed by atoms with Gasteiger partial charge in [0, 0.05) is 13.0 Å². The monoisotopic (exact) mass is 262 g/mol. The standard InChI is InChI=1S/C16H26N2O/c1-12(2)16(4,11-17)18-15(19)10-9-14-7-5-13(3)6-8-14/h5-8,12H,9-11,17H2,1-4H3,(H,18,19). The van der Waals surface area contributed by atoms with Gasteiger partial charge in [0.15, 0.2) is 0 Å². The fraction of sp³-hybridized carbons (Fsp3) is 0.562. The SMILES string of the molecule is Cc1ccc(CCC(=O)NC(C)(CN)C(C)C)cc1. The Labute approximate surface area is 116 Å². The van der Waals surface area contributed by atoms with Gasteiger partial charge in [-0.25, -0.2) is 0 Å². The molecular formula is C16H26N2O. The molecule has 1 unspecified atom stereocenters. The molecule has 0 fully saturated rings. The van der Waals surface area contributed by atoms with Crippen LogP contribution >= 0.6 is 0 Å². The third-order valence-electron chi connectivity index (χ3n) is 3.88. The van der Waals surface area contributed by atoms with Crippen molar-refractivity contribution in [3.05, 3.63) is 35.4 Å². The molecule has 106 valence electrons. The smallest absolute Gasteiger partial charge is 0.220 e. The van der Waals surface area contributed by atoms with E-state index in [9.17, 15) is 4.79 Å². The fourth-order valence-corrected chi connectivity index (χ4v) is 1.82. The van der Waals surface area contributed by atoms with Crippen LogP contribution in [0.4, 0.5) is 0 Å². The van der Waals surface area contributed by atoms with Gasteiger partial charge in [0.1, 0.15) is 0 Å². The zero-order chi connectivity index (χ0) is 14.5. The Kier molecular flexibility index (Phi) is 5.55. The Morgan fingerprint density at radius 2 is 1.89 bits per heavy atom. The molecule has 1 aromatic rings. The molecule has 0 bridgehead atoms. The van der Waals surface area contributed by atoms with Crippen molar-refractivity contribution < 1.29 is 4.79 Å². The van der Waals surface area contributed by atoms with Crippen molar-refractivity contribution in [3.8, 4) is 0 Å². The first kappa shape index (κ1) is 15.7. The number of amides is 1. The summed E-state index contributed by atoms with van der Waals surface area (Å²) in [6.07, 6.45) is 1.27. The van der Waals surface area contributed by atoms with Gasteiger partial charge in [-0.2, -0.15) is 0 Å². The van der Waals surface area contributed by atoms with Crippen LogP contribution in [-0.2, 0) is 11.2 Å². The molecule has 0 saturated carbocycles. The minimum atomic E-state index is -0.315. The molecule has 1 atom stereocenters. The Hall–Kier alpha value is -1.35. The average Bonchev–Trinajstić information content (AvgIpc) is 2.37. The van der Waals surface area contributed by atoms with Gasteiger partial charge < -0.3 is 11.1 Å². The highest BCUT2D eigenvalue weighted by molar-refractivity contribution is 5.77. The van der Waals surface area contributed by atoms with Gasteiger partial charge in [-0.15, -0.1) is 0 Å². The van der Waals surface area contributed by atoms with Crippen molar-refractivity contribution in [1.82, 2.24) is 5.32 Å². The van der Waals surface area contributed by atoms with E-state index in [0.717, 1.165) is 6.42 Å². The van der Waals surface area contributed by atoms with E-state index in [1.807, 2.05) is 6.92 Å². The second kappa shape index (κ2) is 6.71. The number of rotatable bonds is 6. The van der Waals surface area contributed by atoms with E-state index in [1.165, 1.54) is 11.1 Å². The van der Waals surface area contributed by atoms with Gasteiger partial charge in [0.25, 0.3) is 0 Å². The van der Waals surface area contributed by atoms with Crippen molar-refractivity contribution in [2.75, 3.05) is 6.54 Å². The van der Waals surface area contributed by atoms with Crippen molar-refractivity contribution in [2.45, 2.75) is 46.1 Å². The Bertz CT molecular complexity index is 411. The van der Waals surface area contributed by atoms with Crippen LogP contribution in [0.5, 0.6) is 0 Å². The van der Waals surface area contributed by atoms with Crippen LogP contribution in [0, 0.1) is 12.8 Å². The maximum atomic E-state index is 12.0. The molecule has 0 radical (unpaired) electrons. The van der Waals surface area contributed by atoms with Gasteiger partial charge in [0.2, 0.25) is 5.91 Å². The summed E-state index contributed by atoms with van der Waals surface area (Å²) in [5.41, 5.74) is 7.88. The first-order chi connectivity index (χ1) is 8.87. The fourth-order valence-electron chi connectivity index (χ4n) is 1.82. The molecule has 0 heterocycles. The molecule has 0 aliphatic carbocycles. The lowest BCUT2D eigenvalue weighted by atomic mass is 9.88. The zero-order valence-corrected chi connectivity index (χ0v) is 12.5. The van der Waals surface area contributed by atoms with Crippen molar-refractivity contribution in [1.29, 1.82) is 0 Å². The quantitative estimate of drug-likeness (QED) is 0.827. The van der Waals surface area contributed by atoms with Crippen molar-refractivity contribution in [3.63, 3.8) is 0 Å². The molecule has 3 N–H and O–H groups in total. The number of hydrogen-bond donors (Lipinski definition) is 2. The Morgan fingerprint density at radius 3 is 2.37 bits per heavy atom. The maximum absolute atomic E-state index is 12.0. The summed E-state index contributed by atoms with van der Waals surface area (Å²) >= 11 is 0. The summed E-state index contributed by atoms with van der Waals surface area (Å²) in [7, 11) is 0. The van der Waals surface area contributed by atoms with Crippen molar-refractivity contribution >= 4 is 5.91 Å². The second-order valence-corrected chi connectivity index (χ2v) is 5.81. The Morgan fingerprint density at radius 1 is 1.32 bits per heavy atom. The summed E-state index contributed by atoms with van der Waals surface area (Å²) in [6.45, 7) is 8.68. The summed E-state index contributed by atoms with van der Waals surface area (Å²) in [6, 6.07) is 8.30. The van der Waals surface area contributed by atoms with Crippen LogP contribution in [0.3, 0.4) is 0 Å². The number of nitrogens with two attached hydrogens (primary N) is 1. The normalized spacial score (nSPS) is 14.2. The highest BCUT2D eigenvalue weighted by atomic mass is 16.1. The Balaban J connectivity index is 2.50. The highest BCUT2D eigenvalue weighted by Crippen LogP contribution is 2.15. The largest absolute Gasteiger partial charge is 0.349 e. The highest BCUT2D eigenvalue weighted by Gasteiger charge is 2.28. The first-order valence-electron chi connectivity index (χ1n) is 6.94. The predicted molar refractivity (Wildman–Crippen MR) is 79.9 cm³/mol. The van der Waals surface area contributed by atoms with Gasteiger partial charge in [-0.3, -0.25) is 4.79 Å². The molecule has 1 rings (SSSR count). The van der Waals surface area contributed by atoms with E-state index < -0.39 is 0 Å². The van der Waals surface area contributed by atoms with Crippen LogP contribution in [0.1, 0.15) is 38.3 Å². The van der Waals surface area contributed by atoms with E-state index in [-0.39, 0.29) is 11.4 Å². The predicted octanol–water partition coefficient (Wildman–Crippen LogP) is 2.42. The minimum absolute atomic E-state index is 0.0715. The van der Waals surface area contributed by atoms with E-state index in [0.29, 0.717) is 18.9 Å². The van der Waals surface area contributed by atoms with Crippen LogP contribution in [0.25, 0.3) is 0 Å². The summed E-state index contributed by atoms with van der Waals surface area (Å²) in [5, 5.41) is 3.06. The molecule has 1 amide bonds. The van der Waals surface area contributed by atoms with Crippen LogP contribution in [0.2, 0.25) is 0 Å². The molecule has 0 saturated heterocycles. The number of nitrogens with one attached hydrogen (secondary N) is 1. The van der Waals surface area contributed by atoms with E-state index >= 15 is 0 Å². The topological polar surface area (TPSA) is 55.1 Å². The third-order valence-corrected chi connectivity index (χ3v) is 3.88. The molecule has 3 heteroatoms. The minimum Gasteiger partial charge on any atom is -0.349 e. The first-order valence-corrected chi connectivity index (χ1v) is 6.94. The van der Waals surface area contributed by atoms with E-state index in [1.54, 1.807) is 0 Å².